The SMILES string of the molecule is COc1ccc(Cl)cc1[C@@H]1C(C(=O)Nc2ccccc2)=C(C)N=C2SC(C#N)=C(N)N21. The molecule has 156 valence electrons. The minimum absolute atomic E-state index is 0.232. The van der Waals surface area contributed by atoms with Gasteiger partial charge in [0.25, 0.3) is 5.91 Å². The first-order valence-electron chi connectivity index (χ1n) is 9.30. The summed E-state index contributed by atoms with van der Waals surface area (Å²) in [6, 6.07) is 15.7. The van der Waals surface area contributed by atoms with Gasteiger partial charge in [-0.3, -0.25) is 9.69 Å². The fourth-order valence-corrected chi connectivity index (χ4v) is 4.66. The molecule has 0 aliphatic carbocycles. The number of fused-ring (bicyclic) bond motifs is 1. The van der Waals surface area contributed by atoms with E-state index in [1.807, 2.05) is 18.2 Å². The number of aliphatic imine (C=N–C) groups is 1. The molecule has 2 aliphatic heterocycles. The van der Waals surface area contributed by atoms with E-state index in [9.17, 15) is 10.1 Å². The van der Waals surface area contributed by atoms with E-state index in [0.29, 0.717) is 43.4 Å². The monoisotopic (exact) mass is 451 g/mol. The molecular formula is C22H18ClN5O2S. The number of hydrogen-bond donors (Lipinski definition) is 2. The number of amides is 1. The number of nitriles is 1. The van der Waals surface area contributed by atoms with E-state index in [0.717, 1.165) is 0 Å². The van der Waals surface area contributed by atoms with Gasteiger partial charge >= 0.3 is 0 Å². The van der Waals surface area contributed by atoms with E-state index >= 15 is 0 Å². The number of thioether (sulfide) groups is 1. The highest BCUT2D eigenvalue weighted by Gasteiger charge is 2.43. The number of hydrogen-bond acceptors (Lipinski definition) is 7. The zero-order valence-electron chi connectivity index (χ0n) is 16.7. The summed E-state index contributed by atoms with van der Waals surface area (Å²) in [5.41, 5.74) is 8.51. The normalized spacial score (nSPS) is 17.8. The van der Waals surface area contributed by atoms with Crippen LogP contribution in [0.4, 0.5) is 5.69 Å². The second kappa shape index (κ2) is 8.38. The smallest absolute Gasteiger partial charge is 0.255 e. The third-order valence-electron chi connectivity index (χ3n) is 4.94. The van der Waals surface area contributed by atoms with Gasteiger partial charge in [-0.1, -0.05) is 29.8 Å². The summed E-state index contributed by atoms with van der Waals surface area (Å²) >= 11 is 7.47. The van der Waals surface area contributed by atoms with Crippen molar-refractivity contribution in [2.45, 2.75) is 13.0 Å². The molecule has 9 heteroatoms. The third kappa shape index (κ3) is 3.74. The number of carbonyl (C=O) groups is 1. The van der Waals surface area contributed by atoms with Crippen LogP contribution in [0.25, 0.3) is 0 Å². The largest absolute Gasteiger partial charge is 0.496 e. The molecule has 0 radical (unpaired) electrons. The summed E-state index contributed by atoms with van der Waals surface area (Å²) in [7, 11) is 1.55. The van der Waals surface area contributed by atoms with Crippen molar-refractivity contribution in [1.29, 1.82) is 5.26 Å². The van der Waals surface area contributed by atoms with Gasteiger partial charge in [-0.2, -0.15) is 5.26 Å². The molecule has 2 aromatic rings. The average Bonchev–Trinajstić information content (AvgIpc) is 3.08. The van der Waals surface area contributed by atoms with Crippen molar-refractivity contribution in [3.63, 3.8) is 0 Å². The highest BCUT2D eigenvalue weighted by molar-refractivity contribution is 8.17. The molecular weight excluding hydrogens is 434 g/mol. The van der Waals surface area contributed by atoms with E-state index in [-0.39, 0.29) is 11.7 Å². The van der Waals surface area contributed by atoms with Crippen molar-refractivity contribution in [2.24, 2.45) is 10.7 Å². The molecule has 0 spiro atoms. The number of nitrogens with zero attached hydrogens (tertiary/aromatic N) is 3. The van der Waals surface area contributed by atoms with Crippen LogP contribution in [0.2, 0.25) is 5.02 Å². The van der Waals surface area contributed by atoms with Crippen LogP contribution in [0.5, 0.6) is 5.75 Å². The molecule has 0 unspecified atom stereocenters. The molecule has 0 bridgehead atoms. The van der Waals surface area contributed by atoms with E-state index in [1.54, 1.807) is 49.3 Å². The minimum atomic E-state index is -0.678. The van der Waals surface area contributed by atoms with Crippen molar-refractivity contribution in [1.82, 2.24) is 4.90 Å². The summed E-state index contributed by atoms with van der Waals surface area (Å²) in [5.74, 6) is 0.439. The Bertz CT molecular complexity index is 1200. The lowest BCUT2D eigenvalue weighted by atomic mass is 9.93. The van der Waals surface area contributed by atoms with Gasteiger partial charge in [0.05, 0.1) is 24.4 Å². The van der Waals surface area contributed by atoms with Crippen molar-refractivity contribution >= 4 is 40.1 Å². The van der Waals surface area contributed by atoms with Crippen LogP contribution in [-0.2, 0) is 4.79 Å². The predicted octanol–water partition coefficient (Wildman–Crippen LogP) is 4.37. The van der Waals surface area contributed by atoms with Gasteiger partial charge in [0.15, 0.2) is 5.17 Å². The fraction of sp³-hybridized carbons (Fsp3) is 0.136. The van der Waals surface area contributed by atoms with Crippen LogP contribution in [0.3, 0.4) is 0 Å². The first kappa shape index (κ1) is 20.8. The number of para-hydroxylation sites is 1. The second-order valence-electron chi connectivity index (χ2n) is 6.80. The summed E-state index contributed by atoms with van der Waals surface area (Å²) in [6.45, 7) is 1.76. The van der Waals surface area contributed by atoms with Gasteiger partial charge in [-0.15, -0.1) is 0 Å². The molecule has 0 fully saturated rings. The van der Waals surface area contributed by atoms with Crippen LogP contribution < -0.4 is 15.8 Å². The zero-order chi connectivity index (χ0) is 22.1. The third-order valence-corrected chi connectivity index (χ3v) is 6.15. The van der Waals surface area contributed by atoms with Gasteiger partial charge in [-0.05, 0) is 49.0 Å². The molecule has 31 heavy (non-hydrogen) atoms. The predicted molar refractivity (Wildman–Crippen MR) is 122 cm³/mol. The van der Waals surface area contributed by atoms with Crippen LogP contribution >= 0.6 is 23.4 Å². The number of halogens is 1. The molecule has 4 rings (SSSR count). The molecule has 1 atom stereocenters. The number of anilines is 1. The Balaban J connectivity index is 1.89. The van der Waals surface area contributed by atoms with E-state index in [4.69, 9.17) is 22.1 Å². The maximum absolute atomic E-state index is 13.4. The Kier molecular flexibility index (Phi) is 5.63. The van der Waals surface area contributed by atoms with Crippen LogP contribution in [0, 0.1) is 11.3 Å². The highest BCUT2D eigenvalue weighted by atomic mass is 35.5. The van der Waals surface area contributed by atoms with E-state index in [2.05, 4.69) is 16.4 Å². The summed E-state index contributed by atoms with van der Waals surface area (Å²) < 4.78 is 5.56. The Morgan fingerprint density at radius 2 is 2.06 bits per heavy atom. The van der Waals surface area contributed by atoms with Gasteiger partial charge in [-0.25, -0.2) is 4.99 Å². The Morgan fingerprint density at radius 1 is 1.32 bits per heavy atom. The Labute approximate surface area is 188 Å². The number of ether oxygens (including phenoxy) is 1. The average molecular weight is 452 g/mol. The maximum Gasteiger partial charge on any atom is 0.255 e. The number of benzene rings is 2. The number of nitrogens with one attached hydrogen (secondary N) is 1. The van der Waals surface area contributed by atoms with Gasteiger partial charge < -0.3 is 15.8 Å². The first-order valence-corrected chi connectivity index (χ1v) is 10.5. The van der Waals surface area contributed by atoms with E-state index in [1.165, 1.54) is 11.8 Å². The van der Waals surface area contributed by atoms with Gasteiger partial charge in [0, 0.05) is 16.3 Å². The lowest BCUT2D eigenvalue weighted by Gasteiger charge is -2.35. The van der Waals surface area contributed by atoms with Gasteiger partial charge in [0.2, 0.25) is 0 Å². The Hall–Kier alpha value is -3.41. The lowest BCUT2D eigenvalue weighted by molar-refractivity contribution is -0.113. The topological polar surface area (TPSA) is 104 Å². The van der Waals surface area contributed by atoms with Crippen LogP contribution in [0.15, 0.2) is 75.5 Å². The highest BCUT2D eigenvalue weighted by Crippen LogP contribution is 2.47. The quantitative estimate of drug-likeness (QED) is 0.715. The van der Waals surface area contributed by atoms with E-state index < -0.39 is 6.04 Å². The number of amidine groups is 1. The molecule has 2 aliphatic rings. The minimum Gasteiger partial charge on any atom is -0.496 e. The van der Waals surface area contributed by atoms with Crippen LogP contribution in [-0.4, -0.2) is 23.1 Å². The first-order chi connectivity index (χ1) is 14.9. The van der Waals surface area contributed by atoms with Crippen molar-refractivity contribution in [3.05, 3.63) is 81.1 Å². The number of nitrogens with two attached hydrogens (primary N) is 1. The zero-order valence-corrected chi connectivity index (χ0v) is 18.3. The summed E-state index contributed by atoms with van der Waals surface area (Å²) in [4.78, 5) is 20.0. The van der Waals surface area contributed by atoms with Crippen LogP contribution in [0.1, 0.15) is 18.5 Å². The van der Waals surface area contributed by atoms with Gasteiger partial charge in [0.1, 0.15) is 22.5 Å². The second-order valence-corrected chi connectivity index (χ2v) is 8.21. The summed E-state index contributed by atoms with van der Waals surface area (Å²) in [6.07, 6.45) is 0. The fourth-order valence-electron chi connectivity index (χ4n) is 3.56. The number of allylic oxidation sites excluding steroid dienone is 2. The molecule has 0 saturated heterocycles. The van der Waals surface area contributed by atoms with Crippen molar-refractivity contribution in [2.75, 3.05) is 12.4 Å². The van der Waals surface area contributed by atoms with Crippen molar-refractivity contribution in [3.8, 4) is 11.8 Å². The molecule has 2 aromatic carbocycles. The molecule has 0 aromatic heterocycles. The molecule has 2 heterocycles. The Morgan fingerprint density at radius 3 is 2.74 bits per heavy atom. The molecule has 7 nitrogen and oxygen atoms in total. The summed E-state index contributed by atoms with van der Waals surface area (Å²) in [5, 5.41) is 13.4. The molecule has 0 saturated carbocycles. The lowest BCUT2D eigenvalue weighted by Crippen LogP contribution is -2.39. The number of carbonyl (C=O) groups excluding carboxylic acids is 1. The molecule has 1 amide bonds. The molecule has 3 N–H and O–H groups in total. The van der Waals surface area contributed by atoms with Crippen molar-refractivity contribution < 1.29 is 9.53 Å². The standard InChI is InChI=1S/C22H18ClN5O2S/c1-12-18(21(29)27-14-6-4-3-5-7-14)19(15-10-13(23)8-9-16(15)30-2)28-20(25)17(11-24)31-22(28)26-12/h3-10,19H,25H2,1-2H3,(H,27,29)/t19-/m1/s1. The maximum atomic E-state index is 13.4. The number of methoxy groups -OCH3 is 1. The number of rotatable bonds is 4.